The van der Waals surface area contributed by atoms with Gasteiger partial charge in [-0.1, -0.05) is 31.5 Å². The minimum atomic E-state index is -0.705. The summed E-state index contributed by atoms with van der Waals surface area (Å²) < 4.78 is 0. The van der Waals surface area contributed by atoms with Gasteiger partial charge in [-0.05, 0) is 12.8 Å². The molecule has 96 valence electrons. The van der Waals surface area contributed by atoms with Crippen LogP contribution in [0.4, 0.5) is 5.69 Å². The molecule has 0 bridgehead atoms. The highest BCUT2D eigenvalue weighted by Gasteiger charge is 2.42. The van der Waals surface area contributed by atoms with Crippen molar-refractivity contribution in [1.82, 2.24) is 9.97 Å². The molecule has 1 aromatic rings. The highest BCUT2D eigenvalue weighted by Crippen LogP contribution is 2.37. The van der Waals surface area contributed by atoms with E-state index in [1.165, 1.54) is 6.33 Å². The van der Waals surface area contributed by atoms with E-state index in [2.05, 4.69) is 15.3 Å². The number of nitrogens with zero attached hydrogens (tertiary/aromatic N) is 2. The Morgan fingerprint density at radius 1 is 1.28 bits per heavy atom. The quantitative estimate of drug-likeness (QED) is 0.811. The first-order chi connectivity index (χ1) is 8.65. The molecule has 1 heterocycles. The lowest BCUT2D eigenvalue weighted by Crippen LogP contribution is -2.47. The second-order valence-electron chi connectivity index (χ2n) is 4.59. The Kier molecular flexibility index (Phi) is 3.86. The largest absolute Gasteiger partial charge is 0.392 e. The highest BCUT2D eigenvalue weighted by atomic mass is 32.1. The lowest BCUT2D eigenvalue weighted by atomic mass is 9.73. The van der Waals surface area contributed by atoms with Gasteiger partial charge in [-0.25, -0.2) is 9.97 Å². The lowest BCUT2D eigenvalue weighted by molar-refractivity contribution is -0.123. The molecule has 1 aromatic heterocycles. The summed E-state index contributed by atoms with van der Waals surface area (Å²) in [4.78, 5) is 20.4. The fraction of sp³-hybridized carbons (Fsp3) is 0.500. The van der Waals surface area contributed by atoms with Gasteiger partial charge in [0.2, 0.25) is 5.91 Å². The molecule has 0 saturated heterocycles. The Hall–Kier alpha value is -1.56. The number of anilines is 1. The molecule has 0 aliphatic heterocycles. The molecule has 18 heavy (non-hydrogen) atoms. The van der Waals surface area contributed by atoms with Crippen LogP contribution in [0.1, 0.15) is 32.1 Å². The number of rotatable bonds is 3. The van der Waals surface area contributed by atoms with Crippen molar-refractivity contribution in [2.75, 3.05) is 5.32 Å². The zero-order valence-corrected chi connectivity index (χ0v) is 10.9. The van der Waals surface area contributed by atoms with E-state index < -0.39 is 5.41 Å². The molecule has 1 fully saturated rings. The van der Waals surface area contributed by atoms with Gasteiger partial charge in [0, 0.05) is 0 Å². The number of thiocarbonyl (C=S) groups is 1. The lowest BCUT2D eigenvalue weighted by Gasteiger charge is -2.34. The Bertz CT molecular complexity index is 443. The minimum absolute atomic E-state index is 0.135. The van der Waals surface area contributed by atoms with Crippen molar-refractivity contribution in [3.63, 3.8) is 0 Å². The fourth-order valence-electron chi connectivity index (χ4n) is 2.36. The number of carbonyl (C=O) groups is 1. The van der Waals surface area contributed by atoms with E-state index in [1.807, 2.05) is 0 Å². The van der Waals surface area contributed by atoms with Crippen LogP contribution in [-0.4, -0.2) is 20.9 Å². The molecule has 0 unspecified atom stereocenters. The molecule has 5 nitrogen and oxygen atoms in total. The molecule has 3 N–H and O–H groups in total. The van der Waals surface area contributed by atoms with Gasteiger partial charge in [-0.15, -0.1) is 0 Å². The number of amides is 1. The SMILES string of the molecule is NC(=S)C1(C(=O)Nc2cncnc2)CCCCC1. The number of nitrogens with one attached hydrogen (secondary N) is 1. The fourth-order valence-corrected chi connectivity index (χ4v) is 2.65. The van der Waals surface area contributed by atoms with Crippen LogP contribution in [-0.2, 0) is 4.79 Å². The van der Waals surface area contributed by atoms with Gasteiger partial charge >= 0.3 is 0 Å². The zero-order chi connectivity index (χ0) is 13.0. The van der Waals surface area contributed by atoms with Crippen LogP contribution in [0.3, 0.4) is 0 Å². The maximum Gasteiger partial charge on any atom is 0.237 e. The monoisotopic (exact) mass is 264 g/mol. The highest BCUT2D eigenvalue weighted by molar-refractivity contribution is 7.80. The van der Waals surface area contributed by atoms with Crippen LogP contribution in [0.25, 0.3) is 0 Å². The van der Waals surface area contributed by atoms with Gasteiger partial charge in [0.25, 0.3) is 0 Å². The van der Waals surface area contributed by atoms with E-state index in [-0.39, 0.29) is 10.9 Å². The summed E-state index contributed by atoms with van der Waals surface area (Å²) in [5, 5.41) is 2.80. The van der Waals surface area contributed by atoms with E-state index in [0.717, 1.165) is 32.1 Å². The summed E-state index contributed by atoms with van der Waals surface area (Å²) in [5.41, 5.74) is 5.66. The molecule has 1 aliphatic carbocycles. The summed E-state index contributed by atoms with van der Waals surface area (Å²) in [6, 6.07) is 0. The Labute approximate surface area is 111 Å². The van der Waals surface area contributed by atoms with Crippen LogP contribution in [0.15, 0.2) is 18.7 Å². The van der Waals surface area contributed by atoms with E-state index in [0.29, 0.717) is 5.69 Å². The van der Waals surface area contributed by atoms with Crippen LogP contribution >= 0.6 is 12.2 Å². The van der Waals surface area contributed by atoms with Crippen LogP contribution in [0, 0.1) is 5.41 Å². The topological polar surface area (TPSA) is 80.9 Å². The van der Waals surface area contributed by atoms with E-state index in [4.69, 9.17) is 18.0 Å². The molecular weight excluding hydrogens is 248 g/mol. The van der Waals surface area contributed by atoms with Gasteiger partial charge in [0.05, 0.1) is 28.5 Å². The van der Waals surface area contributed by atoms with Crippen molar-refractivity contribution in [2.24, 2.45) is 11.1 Å². The molecular formula is C12H16N4OS. The number of nitrogens with two attached hydrogens (primary N) is 1. The first-order valence-electron chi connectivity index (χ1n) is 6.01. The Morgan fingerprint density at radius 3 is 2.44 bits per heavy atom. The molecule has 0 radical (unpaired) electrons. The average Bonchev–Trinajstić information content (AvgIpc) is 2.40. The van der Waals surface area contributed by atoms with E-state index in [1.54, 1.807) is 12.4 Å². The molecule has 0 spiro atoms. The molecule has 1 aliphatic rings. The second-order valence-corrected chi connectivity index (χ2v) is 5.03. The van der Waals surface area contributed by atoms with Crippen molar-refractivity contribution in [2.45, 2.75) is 32.1 Å². The van der Waals surface area contributed by atoms with Gasteiger partial charge in [-0.3, -0.25) is 4.79 Å². The van der Waals surface area contributed by atoms with Crippen LogP contribution in [0.5, 0.6) is 0 Å². The predicted molar refractivity (Wildman–Crippen MR) is 73.0 cm³/mol. The van der Waals surface area contributed by atoms with Crippen molar-refractivity contribution in [1.29, 1.82) is 0 Å². The third-order valence-electron chi connectivity index (χ3n) is 3.43. The molecule has 6 heteroatoms. The molecule has 2 rings (SSSR count). The number of hydrogen-bond donors (Lipinski definition) is 2. The standard InChI is InChI=1S/C12H16N4OS/c13-10(18)12(4-2-1-3-5-12)11(17)16-9-6-14-8-15-7-9/h6-8H,1-5H2,(H2,13,18)(H,16,17). The summed E-state index contributed by atoms with van der Waals surface area (Å²) in [6.45, 7) is 0. The molecule has 0 aromatic carbocycles. The second kappa shape index (κ2) is 5.39. The third-order valence-corrected chi connectivity index (χ3v) is 3.82. The van der Waals surface area contributed by atoms with Gasteiger partial charge < -0.3 is 11.1 Å². The summed E-state index contributed by atoms with van der Waals surface area (Å²) in [6.07, 6.45) is 9.07. The van der Waals surface area contributed by atoms with Gasteiger partial charge in [0.1, 0.15) is 6.33 Å². The maximum atomic E-state index is 12.4. The summed E-state index contributed by atoms with van der Waals surface area (Å²) in [5.74, 6) is -0.135. The van der Waals surface area contributed by atoms with Crippen LogP contribution < -0.4 is 11.1 Å². The van der Waals surface area contributed by atoms with Crippen molar-refractivity contribution >= 4 is 28.8 Å². The van der Waals surface area contributed by atoms with E-state index >= 15 is 0 Å². The third kappa shape index (κ3) is 2.48. The van der Waals surface area contributed by atoms with Crippen molar-refractivity contribution in [3.05, 3.63) is 18.7 Å². The minimum Gasteiger partial charge on any atom is -0.392 e. The number of carbonyl (C=O) groups excluding carboxylic acids is 1. The first-order valence-corrected chi connectivity index (χ1v) is 6.42. The maximum absolute atomic E-state index is 12.4. The summed E-state index contributed by atoms with van der Waals surface area (Å²) >= 11 is 5.11. The average molecular weight is 264 g/mol. The van der Waals surface area contributed by atoms with Gasteiger partial charge in [0.15, 0.2) is 0 Å². The van der Waals surface area contributed by atoms with E-state index in [9.17, 15) is 4.79 Å². The molecule has 0 atom stereocenters. The zero-order valence-electron chi connectivity index (χ0n) is 10.1. The molecule has 1 amide bonds. The van der Waals surface area contributed by atoms with Crippen molar-refractivity contribution < 1.29 is 4.79 Å². The molecule has 1 saturated carbocycles. The van der Waals surface area contributed by atoms with Gasteiger partial charge in [-0.2, -0.15) is 0 Å². The Morgan fingerprint density at radius 2 is 1.89 bits per heavy atom. The smallest absolute Gasteiger partial charge is 0.237 e. The first kappa shape index (κ1) is 12.9. The number of aromatic nitrogens is 2. The van der Waals surface area contributed by atoms with Crippen molar-refractivity contribution in [3.8, 4) is 0 Å². The normalized spacial score (nSPS) is 18.0. The Balaban J connectivity index is 2.16. The summed E-state index contributed by atoms with van der Waals surface area (Å²) in [7, 11) is 0. The predicted octanol–water partition coefficient (Wildman–Crippen LogP) is 1.65. The van der Waals surface area contributed by atoms with Crippen LogP contribution in [0.2, 0.25) is 0 Å². The number of hydrogen-bond acceptors (Lipinski definition) is 4.